The highest BCUT2D eigenvalue weighted by Crippen LogP contribution is 1.98. The first-order chi connectivity index (χ1) is 5.58. The second-order valence-corrected chi connectivity index (χ2v) is 2.24. The first kappa shape index (κ1) is 8.25. The Morgan fingerprint density at radius 3 is 2.92 bits per heavy atom. The number of amides is 2. The number of carbonyl (C=O) groups excluding carboxylic acids is 1. The fourth-order valence-electron chi connectivity index (χ4n) is 0.770. The quantitative estimate of drug-likeness (QED) is 0.530. The lowest BCUT2D eigenvalue weighted by atomic mass is 10.4. The first-order valence-electron chi connectivity index (χ1n) is 3.22. The molecule has 6 heteroatoms. The first-order valence-corrected chi connectivity index (χ1v) is 3.22. The van der Waals surface area contributed by atoms with Gasteiger partial charge in [0.25, 0.3) is 0 Å². The molecular formula is C6H8N4O2. The number of nitrogens with one attached hydrogen (secondary N) is 2. The normalized spacial score (nSPS) is 9.42. The smallest absolute Gasteiger partial charge is 0.347 e. The Kier molecular flexibility index (Phi) is 2.09. The van der Waals surface area contributed by atoms with E-state index in [-0.39, 0.29) is 5.82 Å². The molecule has 64 valence electrons. The molecule has 0 radical (unpaired) electrons. The van der Waals surface area contributed by atoms with Gasteiger partial charge in [0.15, 0.2) is 0 Å². The number of aromatic amines is 1. The van der Waals surface area contributed by atoms with Gasteiger partial charge in [-0.25, -0.2) is 9.59 Å². The van der Waals surface area contributed by atoms with Gasteiger partial charge in [0, 0.05) is 11.8 Å². The molecule has 12 heavy (non-hydrogen) atoms. The Morgan fingerprint density at radius 2 is 2.42 bits per heavy atom. The van der Waals surface area contributed by atoms with Crippen molar-refractivity contribution in [2.24, 2.45) is 5.73 Å². The summed E-state index contributed by atoms with van der Waals surface area (Å²) in [6, 6.07) is 0.763. The summed E-state index contributed by atoms with van der Waals surface area (Å²) in [6.45, 7) is 1.68. The van der Waals surface area contributed by atoms with Crippen LogP contribution < -0.4 is 16.7 Å². The number of carbonyl (C=O) groups is 1. The lowest BCUT2D eigenvalue weighted by Crippen LogP contribution is -2.23. The zero-order valence-corrected chi connectivity index (χ0v) is 6.42. The van der Waals surface area contributed by atoms with E-state index in [0.29, 0.717) is 5.69 Å². The molecule has 6 nitrogen and oxygen atoms in total. The van der Waals surface area contributed by atoms with E-state index in [1.54, 1.807) is 6.92 Å². The number of H-pyrrole nitrogens is 1. The van der Waals surface area contributed by atoms with Gasteiger partial charge in [-0.3, -0.25) is 5.32 Å². The molecule has 2 amide bonds. The largest absolute Gasteiger partial charge is 0.351 e. The van der Waals surface area contributed by atoms with Gasteiger partial charge in [0.1, 0.15) is 5.82 Å². The van der Waals surface area contributed by atoms with Crippen molar-refractivity contribution in [3.8, 4) is 0 Å². The highest BCUT2D eigenvalue weighted by atomic mass is 16.2. The van der Waals surface area contributed by atoms with E-state index in [0.717, 1.165) is 0 Å². The fourth-order valence-corrected chi connectivity index (χ4v) is 0.770. The molecule has 0 aliphatic heterocycles. The minimum absolute atomic E-state index is 0.156. The lowest BCUT2D eigenvalue weighted by molar-refractivity contribution is 0.259. The number of nitrogens with zero attached hydrogens (tertiary/aromatic N) is 1. The van der Waals surface area contributed by atoms with Crippen molar-refractivity contribution in [3.05, 3.63) is 22.2 Å². The minimum atomic E-state index is -0.743. The summed E-state index contributed by atoms with van der Waals surface area (Å²) in [5, 5.41) is 2.19. The second kappa shape index (κ2) is 3.04. The van der Waals surface area contributed by atoms with Crippen molar-refractivity contribution in [3.63, 3.8) is 0 Å². The van der Waals surface area contributed by atoms with E-state index >= 15 is 0 Å². The number of aryl methyl sites for hydroxylation is 1. The maximum absolute atomic E-state index is 10.7. The van der Waals surface area contributed by atoms with E-state index < -0.39 is 11.7 Å². The van der Waals surface area contributed by atoms with E-state index in [9.17, 15) is 9.59 Å². The van der Waals surface area contributed by atoms with Gasteiger partial charge in [-0.15, -0.1) is 0 Å². The van der Waals surface area contributed by atoms with Gasteiger partial charge in [-0.1, -0.05) is 0 Å². The second-order valence-electron chi connectivity index (χ2n) is 2.24. The Balaban J connectivity index is 3.01. The zero-order valence-electron chi connectivity index (χ0n) is 6.42. The van der Waals surface area contributed by atoms with Crippen LogP contribution in [-0.2, 0) is 0 Å². The third kappa shape index (κ3) is 2.08. The zero-order chi connectivity index (χ0) is 9.14. The summed E-state index contributed by atoms with van der Waals surface area (Å²) >= 11 is 0. The Bertz CT molecular complexity index is 357. The molecule has 1 rings (SSSR count). The number of rotatable bonds is 1. The van der Waals surface area contributed by atoms with Gasteiger partial charge >= 0.3 is 11.7 Å². The third-order valence-corrected chi connectivity index (χ3v) is 1.13. The van der Waals surface area contributed by atoms with E-state index in [1.165, 1.54) is 6.07 Å². The minimum Gasteiger partial charge on any atom is -0.351 e. The Morgan fingerprint density at radius 1 is 1.75 bits per heavy atom. The van der Waals surface area contributed by atoms with Crippen LogP contribution in [0.15, 0.2) is 10.9 Å². The van der Waals surface area contributed by atoms with E-state index in [4.69, 9.17) is 5.73 Å². The van der Waals surface area contributed by atoms with Crippen LogP contribution >= 0.6 is 0 Å². The summed E-state index contributed by atoms with van der Waals surface area (Å²) in [6.07, 6.45) is 0. The van der Waals surface area contributed by atoms with Crippen molar-refractivity contribution in [2.75, 3.05) is 5.32 Å². The van der Waals surface area contributed by atoms with Crippen molar-refractivity contribution >= 4 is 11.8 Å². The number of urea groups is 1. The summed E-state index contributed by atoms with van der Waals surface area (Å²) in [5.74, 6) is 0.156. The SMILES string of the molecule is Cc1cc(NC(N)=O)nc(=O)[nH]1. The summed E-state index contributed by atoms with van der Waals surface area (Å²) in [4.78, 5) is 27.0. The molecule has 0 saturated carbocycles. The molecule has 0 aliphatic carbocycles. The molecule has 0 fully saturated rings. The number of hydrogen-bond donors (Lipinski definition) is 3. The molecule has 0 atom stereocenters. The van der Waals surface area contributed by atoms with Crippen molar-refractivity contribution in [2.45, 2.75) is 6.92 Å². The molecule has 1 heterocycles. The van der Waals surface area contributed by atoms with E-state index in [1.807, 2.05) is 0 Å². The van der Waals surface area contributed by atoms with Crippen molar-refractivity contribution in [1.82, 2.24) is 9.97 Å². The average molecular weight is 168 g/mol. The molecule has 4 N–H and O–H groups in total. The maximum atomic E-state index is 10.7. The molecule has 1 aromatic heterocycles. The fraction of sp³-hybridized carbons (Fsp3) is 0.167. The lowest BCUT2D eigenvalue weighted by Gasteiger charge is -1.99. The van der Waals surface area contributed by atoms with Crippen LogP contribution in [0.3, 0.4) is 0 Å². The summed E-state index contributed by atoms with van der Waals surface area (Å²) in [5.41, 5.74) is 4.92. The van der Waals surface area contributed by atoms with Crippen LogP contribution in [0.4, 0.5) is 10.6 Å². The molecule has 0 unspecified atom stereocenters. The van der Waals surface area contributed by atoms with Crippen LogP contribution in [0.2, 0.25) is 0 Å². The predicted molar refractivity (Wildman–Crippen MR) is 42.8 cm³/mol. The van der Waals surface area contributed by atoms with Crippen molar-refractivity contribution in [1.29, 1.82) is 0 Å². The predicted octanol–water partition coefficient (Wildman–Crippen LogP) is -0.431. The van der Waals surface area contributed by atoms with Crippen LogP contribution in [0, 0.1) is 6.92 Å². The Hall–Kier alpha value is -1.85. The van der Waals surface area contributed by atoms with Crippen molar-refractivity contribution < 1.29 is 4.79 Å². The van der Waals surface area contributed by atoms with Gasteiger partial charge in [-0.05, 0) is 6.92 Å². The maximum Gasteiger partial charge on any atom is 0.347 e. The molecular weight excluding hydrogens is 160 g/mol. The Labute approximate surface area is 67.8 Å². The molecule has 0 aliphatic rings. The summed E-state index contributed by atoms with van der Waals surface area (Å²) < 4.78 is 0. The molecule has 1 aromatic rings. The van der Waals surface area contributed by atoms with Crippen LogP contribution in [0.25, 0.3) is 0 Å². The molecule has 0 bridgehead atoms. The number of nitrogens with two attached hydrogens (primary N) is 1. The molecule has 0 aromatic carbocycles. The molecule has 0 spiro atoms. The highest BCUT2D eigenvalue weighted by Gasteiger charge is 1.98. The van der Waals surface area contributed by atoms with Gasteiger partial charge in [-0.2, -0.15) is 4.98 Å². The monoisotopic (exact) mass is 168 g/mol. The van der Waals surface area contributed by atoms with Crippen LogP contribution in [0.5, 0.6) is 0 Å². The number of primary amides is 1. The number of anilines is 1. The number of hydrogen-bond acceptors (Lipinski definition) is 3. The highest BCUT2D eigenvalue weighted by molar-refractivity contribution is 5.86. The van der Waals surface area contributed by atoms with Gasteiger partial charge < -0.3 is 10.7 Å². The average Bonchev–Trinajstić information content (AvgIpc) is 1.81. The molecule has 0 saturated heterocycles. The standard InChI is InChI=1S/C6H8N4O2/c1-3-2-4(9-5(7)11)10-6(12)8-3/h2H,1H3,(H4,7,8,9,10,11,12). The van der Waals surface area contributed by atoms with Crippen LogP contribution in [0.1, 0.15) is 5.69 Å². The third-order valence-electron chi connectivity index (χ3n) is 1.13. The van der Waals surface area contributed by atoms with Gasteiger partial charge in [0.05, 0.1) is 0 Å². The number of aromatic nitrogens is 2. The topological polar surface area (TPSA) is 101 Å². The van der Waals surface area contributed by atoms with Gasteiger partial charge in [0.2, 0.25) is 0 Å². The van der Waals surface area contributed by atoms with Crippen LogP contribution in [-0.4, -0.2) is 16.0 Å². The summed E-state index contributed by atoms with van der Waals surface area (Å²) in [7, 11) is 0. The van der Waals surface area contributed by atoms with E-state index in [2.05, 4.69) is 15.3 Å².